The molecular weight excluding hydrogens is 344 g/mol. The second kappa shape index (κ2) is 9.20. The van der Waals surface area contributed by atoms with Gasteiger partial charge in [-0.2, -0.15) is 0 Å². The predicted molar refractivity (Wildman–Crippen MR) is 103 cm³/mol. The van der Waals surface area contributed by atoms with Gasteiger partial charge in [0.1, 0.15) is 24.0 Å². The lowest BCUT2D eigenvalue weighted by atomic mass is 10.1. The van der Waals surface area contributed by atoms with Gasteiger partial charge in [0.25, 0.3) is 0 Å². The Morgan fingerprint density at radius 3 is 1.70 bits per heavy atom. The molecule has 5 nitrogen and oxygen atoms in total. The van der Waals surface area contributed by atoms with Crippen molar-refractivity contribution in [1.29, 1.82) is 0 Å². The van der Waals surface area contributed by atoms with E-state index in [0.717, 1.165) is 17.4 Å². The number of esters is 2. The monoisotopic (exact) mass is 364 g/mol. The molecule has 0 aromatic heterocycles. The highest BCUT2D eigenvalue weighted by Gasteiger charge is 2.06. The Labute approximate surface area is 158 Å². The fourth-order valence-electron chi connectivity index (χ4n) is 1.93. The molecule has 5 heteroatoms. The zero-order valence-corrected chi connectivity index (χ0v) is 15.2. The highest BCUT2D eigenvalue weighted by Crippen LogP contribution is 2.25. The number of rotatable bonds is 7. The Kier molecular flexibility index (Phi) is 6.72. The van der Waals surface area contributed by atoms with Crippen LogP contribution in [0.3, 0.4) is 0 Å². The summed E-state index contributed by atoms with van der Waals surface area (Å²) in [5, 5.41) is 0. The highest BCUT2D eigenvalue weighted by molar-refractivity contribution is 5.89. The van der Waals surface area contributed by atoms with Gasteiger partial charge < -0.3 is 14.2 Å². The molecule has 0 spiro atoms. The first-order chi connectivity index (χ1) is 12.9. The molecule has 0 aliphatic heterocycles. The first-order valence-electron chi connectivity index (χ1n) is 8.13. The SMILES string of the molecule is C=C(C)C(=O)O/C=C/Oc1ccc(-c2ccc(OC(=O)C(=C)C)cc2)cc1. The summed E-state index contributed by atoms with van der Waals surface area (Å²) < 4.78 is 15.3. The van der Waals surface area contributed by atoms with Gasteiger partial charge in [0.15, 0.2) is 0 Å². The van der Waals surface area contributed by atoms with Gasteiger partial charge in [0.05, 0.1) is 0 Å². The Hall–Kier alpha value is -3.60. The van der Waals surface area contributed by atoms with E-state index in [1.807, 2.05) is 24.3 Å². The average Bonchev–Trinajstić information content (AvgIpc) is 2.66. The van der Waals surface area contributed by atoms with Crippen LogP contribution in [0.25, 0.3) is 11.1 Å². The summed E-state index contributed by atoms with van der Waals surface area (Å²) in [5.41, 5.74) is 2.59. The minimum absolute atomic E-state index is 0.310. The van der Waals surface area contributed by atoms with Crippen molar-refractivity contribution in [1.82, 2.24) is 0 Å². The third-order valence-corrected chi connectivity index (χ3v) is 3.38. The molecule has 0 heterocycles. The molecule has 0 fully saturated rings. The van der Waals surface area contributed by atoms with Gasteiger partial charge in [-0.3, -0.25) is 0 Å². The minimum Gasteiger partial charge on any atom is -0.462 e. The van der Waals surface area contributed by atoms with Crippen molar-refractivity contribution in [3.05, 3.63) is 85.4 Å². The maximum absolute atomic E-state index is 11.5. The third-order valence-electron chi connectivity index (χ3n) is 3.38. The molecule has 0 atom stereocenters. The maximum atomic E-state index is 11.5. The standard InChI is InChI=1S/C22H20O5/c1-15(2)21(23)26-14-13-25-19-9-5-17(6-10-19)18-7-11-20(12-8-18)27-22(24)16(3)4/h5-14H,1,3H2,2,4H3/b14-13+. The lowest BCUT2D eigenvalue weighted by molar-refractivity contribution is -0.133. The fraction of sp³-hybridized carbons (Fsp3) is 0.0909. The first kappa shape index (κ1) is 19.7. The van der Waals surface area contributed by atoms with Crippen molar-refractivity contribution < 1.29 is 23.8 Å². The van der Waals surface area contributed by atoms with E-state index in [1.54, 1.807) is 38.1 Å². The van der Waals surface area contributed by atoms with Gasteiger partial charge in [-0.05, 0) is 49.2 Å². The fourth-order valence-corrected chi connectivity index (χ4v) is 1.93. The molecule has 0 saturated carbocycles. The molecule has 0 unspecified atom stereocenters. The zero-order valence-electron chi connectivity index (χ0n) is 15.2. The van der Waals surface area contributed by atoms with E-state index in [2.05, 4.69) is 13.2 Å². The van der Waals surface area contributed by atoms with Crippen LogP contribution in [-0.2, 0) is 14.3 Å². The van der Waals surface area contributed by atoms with E-state index in [9.17, 15) is 9.59 Å². The molecule has 27 heavy (non-hydrogen) atoms. The van der Waals surface area contributed by atoms with E-state index in [-0.39, 0.29) is 0 Å². The van der Waals surface area contributed by atoms with Gasteiger partial charge >= 0.3 is 11.9 Å². The number of hydrogen-bond donors (Lipinski definition) is 0. The number of benzene rings is 2. The van der Waals surface area contributed by atoms with Crippen molar-refractivity contribution in [2.75, 3.05) is 0 Å². The van der Waals surface area contributed by atoms with Gasteiger partial charge in [-0.15, -0.1) is 0 Å². The van der Waals surface area contributed by atoms with E-state index in [4.69, 9.17) is 14.2 Å². The van der Waals surface area contributed by atoms with Crippen molar-refractivity contribution in [3.8, 4) is 22.6 Å². The zero-order chi connectivity index (χ0) is 19.8. The summed E-state index contributed by atoms with van der Waals surface area (Å²) >= 11 is 0. The van der Waals surface area contributed by atoms with Crippen LogP contribution in [0.2, 0.25) is 0 Å². The summed E-state index contributed by atoms with van der Waals surface area (Å²) in [6.45, 7) is 10.2. The smallest absolute Gasteiger partial charge is 0.338 e. The summed E-state index contributed by atoms with van der Waals surface area (Å²) in [6.07, 6.45) is 2.44. The van der Waals surface area contributed by atoms with Gasteiger partial charge in [0.2, 0.25) is 0 Å². The molecule has 2 aromatic carbocycles. The van der Waals surface area contributed by atoms with E-state index < -0.39 is 11.9 Å². The summed E-state index contributed by atoms with van der Waals surface area (Å²) in [6, 6.07) is 14.5. The van der Waals surface area contributed by atoms with Crippen LogP contribution >= 0.6 is 0 Å². The van der Waals surface area contributed by atoms with Crippen molar-refractivity contribution in [2.24, 2.45) is 0 Å². The molecule has 0 aliphatic carbocycles. The third kappa shape index (κ3) is 6.01. The summed E-state index contributed by atoms with van der Waals surface area (Å²) in [4.78, 5) is 22.7. The molecule has 0 aliphatic rings. The Bertz CT molecular complexity index is 874. The second-order valence-corrected chi connectivity index (χ2v) is 5.79. The molecule has 138 valence electrons. The van der Waals surface area contributed by atoms with Crippen LogP contribution in [0.4, 0.5) is 0 Å². The highest BCUT2D eigenvalue weighted by atomic mass is 16.5. The summed E-state index contributed by atoms with van der Waals surface area (Å²) in [5.74, 6) is 0.0864. The molecule has 0 bridgehead atoms. The summed E-state index contributed by atoms with van der Waals surface area (Å²) in [7, 11) is 0. The topological polar surface area (TPSA) is 61.8 Å². The van der Waals surface area contributed by atoms with Crippen LogP contribution in [0.1, 0.15) is 13.8 Å². The lowest BCUT2D eigenvalue weighted by Gasteiger charge is -2.06. The maximum Gasteiger partial charge on any atom is 0.338 e. The first-order valence-corrected chi connectivity index (χ1v) is 8.13. The van der Waals surface area contributed by atoms with Crippen molar-refractivity contribution >= 4 is 11.9 Å². The normalized spacial score (nSPS) is 10.3. The van der Waals surface area contributed by atoms with Crippen LogP contribution in [-0.4, -0.2) is 11.9 Å². The molecular formula is C22H20O5. The van der Waals surface area contributed by atoms with Gasteiger partial charge in [-0.1, -0.05) is 37.4 Å². The van der Waals surface area contributed by atoms with E-state index in [0.29, 0.717) is 22.6 Å². The average molecular weight is 364 g/mol. The molecule has 0 amide bonds. The van der Waals surface area contributed by atoms with E-state index in [1.165, 1.54) is 6.26 Å². The molecule has 0 N–H and O–H groups in total. The number of carbonyl (C=O) groups excluding carboxylic acids is 2. The van der Waals surface area contributed by atoms with Crippen molar-refractivity contribution in [3.63, 3.8) is 0 Å². The minimum atomic E-state index is -0.512. The largest absolute Gasteiger partial charge is 0.462 e. The van der Waals surface area contributed by atoms with E-state index >= 15 is 0 Å². The van der Waals surface area contributed by atoms with Gasteiger partial charge in [0, 0.05) is 11.1 Å². The Balaban J connectivity index is 1.95. The van der Waals surface area contributed by atoms with Crippen molar-refractivity contribution in [2.45, 2.75) is 13.8 Å². The Morgan fingerprint density at radius 1 is 0.741 bits per heavy atom. The molecule has 0 saturated heterocycles. The van der Waals surface area contributed by atoms with Crippen LogP contribution < -0.4 is 9.47 Å². The predicted octanol–water partition coefficient (Wildman–Crippen LogP) is 4.80. The molecule has 0 radical (unpaired) electrons. The van der Waals surface area contributed by atoms with Crippen LogP contribution in [0.15, 0.2) is 85.4 Å². The quantitative estimate of drug-likeness (QED) is 0.305. The number of hydrogen-bond acceptors (Lipinski definition) is 5. The van der Waals surface area contributed by atoms with Crippen LogP contribution in [0, 0.1) is 0 Å². The molecule has 2 aromatic rings. The van der Waals surface area contributed by atoms with Crippen LogP contribution in [0.5, 0.6) is 11.5 Å². The lowest BCUT2D eigenvalue weighted by Crippen LogP contribution is -2.07. The number of ether oxygens (including phenoxy) is 3. The van der Waals surface area contributed by atoms with Gasteiger partial charge in [-0.25, -0.2) is 9.59 Å². The Morgan fingerprint density at radius 2 is 1.22 bits per heavy atom. The molecule has 2 rings (SSSR count). The number of carbonyl (C=O) groups is 2. The second-order valence-electron chi connectivity index (χ2n) is 5.79.